The van der Waals surface area contributed by atoms with Crippen LogP contribution in [-0.4, -0.2) is 24.4 Å². The second-order valence-electron chi connectivity index (χ2n) is 4.72. The van der Waals surface area contributed by atoms with Gasteiger partial charge in [0.15, 0.2) is 0 Å². The normalized spacial score (nSPS) is 14.2. The predicted octanol–water partition coefficient (Wildman–Crippen LogP) is 0.683. The van der Waals surface area contributed by atoms with Crippen LogP contribution in [-0.2, 0) is 16.0 Å². The Balaban J connectivity index is 2.20. The first-order chi connectivity index (χ1) is 8.49. The van der Waals surface area contributed by atoms with E-state index in [2.05, 4.69) is 5.32 Å². The molecule has 1 aromatic carbocycles. The highest BCUT2D eigenvalue weighted by Crippen LogP contribution is 2.30. The van der Waals surface area contributed by atoms with Gasteiger partial charge in [-0.15, -0.1) is 0 Å². The van der Waals surface area contributed by atoms with Crippen LogP contribution in [0.5, 0.6) is 0 Å². The molecule has 1 aromatic rings. The molecule has 0 unspecified atom stereocenters. The Hall–Kier alpha value is -1.88. The number of benzene rings is 1. The Morgan fingerprint density at radius 2 is 2.22 bits per heavy atom. The zero-order chi connectivity index (χ0) is 13.3. The fraction of sp³-hybridized carbons (Fsp3) is 0.385. The molecule has 2 amide bonds. The molecule has 1 aliphatic rings. The summed E-state index contributed by atoms with van der Waals surface area (Å²) >= 11 is 0. The first-order valence-corrected chi connectivity index (χ1v) is 5.96. The third-order valence-corrected chi connectivity index (χ3v) is 2.85. The zero-order valence-electron chi connectivity index (χ0n) is 10.6. The molecule has 18 heavy (non-hydrogen) atoms. The molecule has 96 valence electrons. The fourth-order valence-electron chi connectivity index (χ4n) is 1.99. The lowest BCUT2D eigenvalue weighted by Crippen LogP contribution is -2.41. The maximum absolute atomic E-state index is 12.0. The summed E-state index contributed by atoms with van der Waals surface area (Å²) in [5.41, 5.74) is 7.75. The largest absolute Gasteiger partial charge is 0.399 e. The third kappa shape index (κ3) is 2.36. The molecule has 0 saturated heterocycles. The summed E-state index contributed by atoms with van der Waals surface area (Å²) in [4.78, 5) is 25.1. The van der Waals surface area contributed by atoms with Gasteiger partial charge in [-0.25, -0.2) is 4.90 Å². The lowest BCUT2D eigenvalue weighted by molar-refractivity contribution is -0.125. The summed E-state index contributed by atoms with van der Waals surface area (Å²) in [6, 6.07) is 5.38. The fourth-order valence-corrected chi connectivity index (χ4v) is 1.99. The van der Waals surface area contributed by atoms with Crippen LogP contribution >= 0.6 is 0 Å². The molecule has 0 aromatic heterocycles. The molecule has 0 bridgehead atoms. The Morgan fingerprint density at radius 3 is 2.89 bits per heavy atom. The molecule has 5 heteroatoms. The number of carbonyl (C=O) groups excluding carboxylic acids is 2. The van der Waals surface area contributed by atoms with Crippen LogP contribution in [0, 0.1) is 0 Å². The van der Waals surface area contributed by atoms with Crippen molar-refractivity contribution in [2.24, 2.45) is 0 Å². The van der Waals surface area contributed by atoms with Crippen LogP contribution in [0.3, 0.4) is 0 Å². The molecule has 2 rings (SSSR count). The van der Waals surface area contributed by atoms with Crippen molar-refractivity contribution in [2.75, 3.05) is 17.2 Å². The van der Waals surface area contributed by atoms with Gasteiger partial charge in [0, 0.05) is 11.7 Å². The maximum Gasteiger partial charge on any atom is 0.247 e. The number of carbonyl (C=O) groups is 2. The van der Waals surface area contributed by atoms with Gasteiger partial charge < -0.3 is 11.1 Å². The molecule has 5 nitrogen and oxygen atoms in total. The molecule has 0 radical (unpaired) electrons. The van der Waals surface area contributed by atoms with E-state index in [0.717, 1.165) is 5.56 Å². The van der Waals surface area contributed by atoms with Gasteiger partial charge in [-0.1, -0.05) is 13.8 Å². The van der Waals surface area contributed by atoms with E-state index < -0.39 is 0 Å². The topological polar surface area (TPSA) is 75.4 Å². The number of hydrogen-bond acceptors (Lipinski definition) is 4. The summed E-state index contributed by atoms with van der Waals surface area (Å²) < 4.78 is 0. The van der Waals surface area contributed by atoms with Crippen molar-refractivity contribution in [3.05, 3.63) is 23.8 Å². The van der Waals surface area contributed by atoms with E-state index >= 15 is 0 Å². The van der Waals surface area contributed by atoms with Crippen LogP contribution in [0.25, 0.3) is 0 Å². The molecule has 1 aliphatic heterocycles. The van der Waals surface area contributed by atoms with E-state index in [0.29, 0.717) is 11.4 Å². The molecule has 0 atom stereocenters. The second kappa shape index (κ2) is 4.78. The first-order valence-electron chi connectivity index (χ1n) is 5.96. The monoisotopic (exact) mass is 247 g/mol. The van der Waals surface area contributed by atoms with E-state index in [9.17, 15) is 9.59 Å². The van der Waals surface area contributed by atoms with Gasteiger partial charge >= 0.3 is 0 Å². The van der Waals surface area contributed by atoms with Gasteiger partial charge in [0.1, 0.15) is 0 Å². The van der Waals surface area contributed by atoms with Crippen molar-refractivity contribution in [3.63, 3.8) is 0 Å². The van der Waals surface area contributed by atoms with E-state index in [1.54, 1.807) is 18.2 Å². The zero-order valence-corrected chi connectivity index (χ0v) is 10.6. The second-order valence-corrected chi connectivity index (χ2v) is 4.72. The summed E-state index contributed by atoms with van der Waals surface area (Å²) in [7, 11) is 0. The van der Waals surface area contributed by atoms with Gasteiger partial charge in [0.2, 0.25) is 11.8 Å². The van der Waals surface area contributed by atoms with Crippen LogP contribution in [0.4, 0.5) is 11.4 Å². The highest BCUT2D eigenvalue weighted by molar-refractivity contribution is 6.19. The van der Waals surface area contributed by atoms with E-state index in [1.807, 2.05) is 13.8 Å². The Bertz CT molecular complexity index is 497. The highest BCUT2D eigenvalue weighted by Gasteiger charge is 2.31. The van der Waals surface area contributed by atoms with Crippen molar-refractivity contribution in [1.29, 1.82) is 0 Å². The predicted molar refractivity (Wildman–Crippen MR) is 70.2 cm³/mol. The molecule has 1 heterocycles. The minimum Gasteiger partial charge on any atom is -0.399 e. The van der Waals surface area contributed by atoms with Gasteiger partial charge in [0.25, 0.3) is 0 Å². The highest BCUT2D eigenvalue weighted by atomic mass is 16.2. The van der Waals surface area contributed by atoms with Crippen LogP contribution in [0.1, 0.15) is 19.4 Å². The molecule has 3 N–H and O–H groups in total. The Kier molecular flexibility index (Phi) is 3.34. The molecular weight excluding hydrogens is 230 g/mol. The van der Waals surface area contributed by atoms with Crippen LogP contribution in [0.15, 0.2) is 18.2 Å². The van der Waals surface area contributed by atoms with Crippen molar-refractivity contribution >= 4 is 23.2 Å². The molecular formula is C13H17N3O2. The number of nitrogens with one attached hydrogen (secondary N) is 1. The van der Waals surface area contributed by atoms with E-state index in [-0.39, 0.29) is 30.8 Å². The average Bonchev–Trinajstić information content (AvgIpc) is 2.61. The summed E-state index contributed by atoms with van der Waals surface area (Å²) in [5, 5.41) is 3.02. The van der Waals surface area contributed by atoms with Crippen molar-refractivity contribution in [1.82, 2.24) is 5.32 Å². The number of anilines is 2. The Morgan fingerprint density at radius 1 is 1.50 bits per heavy atom. The van der Waals surface area contributed by atoms with Crippen LogP contribution in [0.2, 0.25) is 0 Å². The minimum absolute atomic E-state index is 0.160. The van der Waals surface area contributed by atoms with Gasteiger partial charge in [-0.05, 0) is 23.8 Å². The number of amides is 2. The molecule has 0 fully saturated rings. The number of nitrogens with two attached hydrogens (primary N) is 1. The molecule has 0 saturated carbocycles. The molecule has 0 spiro atoms. The van der Waals surface area contributed by atoms with E-state index in [4.69, 9.17) is 5.73 Å². The lowest BCUT2D eigenvalue weighted by atomic mass is 10.1. The summed E-state index contributed by atoms with van der Waals surface area (Å²) in [5.74, 6) is -0.414. The average molecular weight is 247 g/mol. The van der Waals surface area contributed by atoms with Crippen LogP contribution < -0.4 is 16.0 Å². The SMILES string of the molecule is CC(C)NCC(=O)N1C(=O)Cc2cc(N)ccc21. The number of hydrogen-bond donors (Lipinski definition) is 2. The Labute approximate surface area is 106 Å². The van der Waals surface area contributed by atoms with Gasteiger partial charge in [-0.3, -0.25) is 9.59 Å². The summed E-state index contributed by atoms with van der Waals surface area (Å²) in [6.07, 6.45) is 0.244. The summed E-state index contributed by atoms with van der Waals surface area (Å²) in [6.45, 7) is 4.06. The number of rotatable bonds is 3. The van der Waals surface area contributed by atoms with E-state index in [1.165, 1.54) is 4.90 Å². The quantitative estimate of drug-likeness (QED) is 0.770. The van der Waals surface area contributed by atoms with Gasteiger partial charge in [-0.2, -0.15) is 0 Å². The van der Waals surface area contributed by atoms with Crippen molar-refractivity contribution in [2.45, 2.75) is 26.3 Å². The first kappa shape index (κ1) is 12.6. The smallest absolute Gasteiger partial charge is 0.247 e. The number of imide groups is 1. The van der Waals surface area contributed by atoms with Crippen molar-refractivity contribution < 1.29 is 9.59 Å². The number of fused-ring (bicyclic) bond motifs is 1. The number of nitrogens with zero attached hydrogens (tertiary/aromatic N) is 1. The minimum atomic E-state index is -0.225. The van der Waals surface area contributed by atoms with Crippen molar-refractivity contribution in [3.8, 4) is 0 Å². The maximum atomic E-state index is 12.0. The number of nitrogen functional groups attached to an aromatic ring is 1. The van der Waals surface area contributed by atoms with Gasteiger partial charge in [0.05, 0.1) is 18.7 Å². The standard InChI is InChI=1S/C13H17N3O2/c1-8(2)15-7-13(18)16-11-4-3-10(14)5-9(11)6-12(16)17/h3-5,8,15H,6-7,14H2,1-2H3. The lowest BCUT2D eigenvalue weighted by Gasteiger charge is -2.17. The third-order valence-electron chi connectivity index (χ3n) is 2.85. The molecule has 0 aliphatic carbocycles.